The Labute approximate surface area is 124 Å². The Hall–Kier alpha value is -1.18. The second-order valence-corrected chi connectivity index (χ2v) is 7.43. The van der Waals surface area contributed by atoms with Gasteiger partial charge in [0.05, 0.1) is 5.69 Å². The maximum Gasteiger partial charge on any atom is 0.242 e. The highest BCUT2D eigenvalue weighted by Gasteiger charge is 2.33. The zero-order valence-corrected chi connectivity index (χ0v) is 12.6. The third-order valence-corrected chi connectivity index (χ3v) is 5.65. The van der Waals surface area contributed by atoms with Gasteiger partial charge in [-0.3, -0.25) is 0 Å². The zero-order valence-electron chi connectivity index (χ0n) is 11.8. The molecule has 1 aromatic carbocycles. The molecule has 0 heterocycles. The lowest BCUT2D eigenvalue weighted by atomic mass is 9.75. The SMILES string of the molecule is Nc1c(F)cccc1S(=O)(=O)NCC1(CO)CCCCC1. The van der Waals surface area contributed by atoms with Crippen molar-refractivity contribution >= 4 is 15.7 Å². The van der Waals surface area contributed by atoms with Crippen LogP contribution in [-0.4, -0.2) is 26.7 Å². The lowest BCUT2D eigenvalue weighted by Crippen LogP contribution is -2.41. The van der Waals surface area contributed by atoms with E-state index in [1.165, 1.54) is 12.1 Å². The van der Waals surface area contributed by atoms with Crippen LogP contribution in [0, 0.1) is 11.2 Å². The quantitative estimate of drug-likeness (QED) is 0.720. The summed E-state index contributed by atoms with van der Waals surface area (Å²) in [6, 6.07) is 3.70. The summed E-state index contributed by atoms with van der Waals surface area (Å²) in [4.78, 5) is -0.258. The summed E-state index contributed by atoms with van der Waals surface area (Å²) in [6.07, 6.45) is 4.62. The molecule has 1 aromatic rings. The Balaban J connectivity index is 2.16. The molecule has 1 aliphatic carbocycles. The van der Waals surface area contributed by atoms with Crippen LogP contribution in [0.25, 0.3) is 0 Å². The fourth-order valence-corrected chi connectivity index (χ4v) is 4.07. The molecule has 1 saturated carbocycles. The van der Waals surface area contributed by atoms with E-state index in [4.69, 9.17) is 5.73 Å². The molecule has 4 N–H and O–H groups in total. The Bertz CT molecular complexity index is 598. The van der Waals surface area contributed by atoms with Gasteiger partial charge in [0.1, 0.15) is 10.7 Å². The number of nitrogen functional groups attached to an aromatic ring is 1. The van der Waals surface area contributed by atoms with Crippen molar-refractivity contribution in [1.29, 1.82) is 0 Å². The fourth-order valence-electron chi connectivity index (χ4n) is 2.77. The summed E-state index contributed by atoms with van der Waals surface area (Å²) in [5.74, 6) is -0.757. The lowest BCUT2D eigenvalue weighted by Gasteiger charge is -2.35. The van der Waals surface area contributed by atoms with Gasteiger partial charge in [-0.05, 0) is 25.0 Å². The minimum Gasteiger partial charge on any atom is -0.396 e. The zero-order chi connectivity index (χ0) is 15.5. The van der Waals surface area contributed by atoms with E-state index in [1.54, 1.807) is 0 Å². The molecule has 2 rings (SSSR count). The van der Waals surface area contributed by atoms with E-state index in [-0.39, 0.29) is 23.7 Å². The number of halogens is 1. The molecule has 0 radical (unpaired) electrons. The van der Waals surface area contributed by atoms with Crippen molar-refractivity contribution < 1.29 is 17.9 Å². The number of nitrogens with two attached hydrogens (primary N) is 1. The molecular formula is C14H21FN2O3S. The summed E-state index contributed by atoms with van der Waals surface area (Å²) in [6.45, 7) is 0.0793. The molecule has 0 atom stereocenters. The summed E-state index contributed by atoms with van der Waals surface area (Å²) in [7, 11) is -3.89. The van der Waals surface area contributed by atoms with E-state index in [1.807, 2.05) is 0 Å². The van der Waals surface area contributed by atoms with Crippen LogP contribution in [0.15, 0.2) is 23.1 Å². The first kappa shape index (κ1) is 16.2. The Morgan fingerprint density at radius 2 is 1.95 bits per heavy atom. The molecule has 1 aliphatic rings. The highest BCUT2D eigenvalue weighted by molar-refractivity contribution is 7.89. The van der Waals surface area contributed by atoms with Crippen LogP contribution in [0.3, 0.4) is 0 Å². The summed E-state index contributed by atoms with van der Waals surface area (Å²) >= 11 is 0. The first-order chi connectivity index (χ1) is 9.90. The number of aliphatic hydroxyl groups excluding tert-OH is 1. The molecule has 0 aliphatic heterocycles. The maximum atomic E-state index is 13.4. The molecule has 0 spiro atoms. The van der Waals surface area contributed by atoms with E-state index in [0.717, 1.165) is 38.2 Å². The second kappa shape index (κ2) is 6.29. The van der Waals surface area contributed by atoms with Crippen LogP contribution in [0.2, 0.25) is 0 Å². The topological polar surface area (TPSA) is 92.4 Å². The van der Waals surface area contributed by atoms with Crippen molar-refractivity contribution in [3.8, 4) is 0 Å². The van der Waals surface area contributed by atoms with Gasteiger partial charge in [0.2, 0.25) is 10.0 Å². The summed E-state index contributed by atoms with van der Waals surface area (Å²) in [5.41, 5.74) is 4.69. The normalized spacial score (nSPS) is 18.6. The molecule has 0 aromatic heterocycles. The van der Waals surface area contributed by atoms with Gasteiger partial charge in [0.15, 0.2) is 0 Å². The second-order valence-electron chi connectivity index (χ2n) is 5.69. The van der Waals surface area contributed by atoms with E-state index >= 15 is 0 Å². The molecule has 0 saturated heterocycles. The summed E-state index contributed by atoms with van der Waals surface area (Å²) < 4.78 is 40.4. The van der Waals surface area contributed by atoms with Crippen molar-refractivity contribution in [2.45, 2.75) is 37.0 Å². The standard InChI is InChI=1S/C14H21FN2O3S/c15-11-5-4-6-12(13(11)16)21(19,20)17-9-14(10-18)7-2-1-3-8-14/h4-6,17-18H,1-3,7-10,16H2. The number of hydrogen-bond donors (Lipinski definition) is 3. The summed E-state index contributed by atoms with van der Waals surface area (Å²) in [5, 5.41) is 9.59. The number of anilines is 1. The van der Waals surface area contributed by atoms with E-state index in [2.05, 4.69) is 4.72 Å². The minimum absolute atomic E-state index is 0.0614. The first-order valence-electron chi connectivity index (χ1n) is 7.05. The monoisotopic (exact) mass is 316 g/mol. The smallest absolute Gasteiger partial charge is 0.242 e. The fraction of sp³-hybridized carbons (Fsp3) is 0.571. The largest absolute Gasteiger partial charge is 0.396 e. The third-order valence-electron chi connectivity index (χ3n) is 4.19. The van der Waals surface area contributed by atoms with Gasteiger partial charge in [0.25, 0.3) is 0 Å². The maximum absolute atomic E-state index is 13.4. The number of para-hydroxylation sites is 1. The average Bonchev–Trinajstić information content (AvgIpc) is 2.49. The number of rotatable bonds is 5. The molecule has 1 fully saturated rings. The third kappa shape index (κ3) is 3.53. The predicted octanol–water partition coefficient (Wildman–Crippen LogP) is 1.63. The van der Waals surface area contributed by atoms with Crippen LogP contribution in [-0.2, 0) is 10.0 Å². The van der Waals surface area contributed by atoms with Gasteiger partial charge in [-0.1, -0.05) is 25.3 Å². The van der Waals surface area contributed by atoms with E-state index in [0.29, 0.717) is 0 Å². The average molecular weight is 316 g/mol. The van der Waals surface area contributed by atoms with Crippen molar-refractivity contribution in [1.82, 2.24) is 4.72 Å². The van der Waals surface area contributed by atoms with Crippen LogP contribution in [0.5, 0.6) is 0 Å². The molecule has 21 heavy (non-hydrogen) atoms. The first-order valence-corrected chi connectivity index (χ1v) is 8.53. The number of benzene rings is 1. The molecule has 5 nitrogen and oxygen atoms in total. The van der Waals surface area contributed by atoms with Crippen molar-refractivity contribution in [2.75, 3.05) is 18.9 Å². The predicted molar refractivity (Wildman–Crippen MR) is 78.6 cm³/mol. The lowest BCUT2D eigenvalue weighted by molar-refractivity contribution is 0.0867. The minimum atomic E-state index is -3.89. The highest BCUT2D eigenvalue weighted by Crippen LogP contribution is 2.35. The van der Waals surface area contributed by atoms with Crippen LogP contribution in [0.4, 0.5) is 10.1 Å². The van der Waals surface area contributed by atoms with Gasteiger partial charge in [-0.25, -0.2) is 17.5 Å². The Kier molecular flexibility index (Phi) is 4.85. The van der Waals surface area contributed by atoms with Gasteiger partial charge >= 0.3 is 0 Å². The van der Waals surface area contributed by atoms with E-state index < -0.39 is 21.3 Å². The van der Waals surface area contributed by atoms with Gasteiger partial charge < -0.3 is 10.8 Å². The number of nitrogens with one attached hydrogen (secondary N) is 1. The number of hydrogen-bond acceptors (Lipinski definition) is 4. The van der Waals surface area contributed by atoms with Gasteiger partial charge in [-0.15, -0.1) is 0 Å². The number of aliphatic hydroxyl groups is 1. The Morgan fingerprint density at radius 3 is 2.57 bits per heavy atom. The molecule has 0 bridgehead atoms. The molecule has 118 valence electrons. The van der Waals surface area contributed by atoms with Crippen LogP contribution < -0.4 is 10.5 Å². The number of sulfonamides is 1. The van der Waals surface area contributed by atoms with E-state index in [9.17, 15) is 17.9 Å². The molecular weight excluding hydrogens is 295 g/mol. The highest BCUT2D eigenvalue weighted by atomic mass is 32.2. The van der Waals surface area contributed by atoms with Gasteiger partial charge in [-0.2, -0.15) is 0 Å². The molecule has 0 unspecified atom stereocenters. The molecule has 7 heteroatoms. The van der Waals surface area contributed by atoms with Crippen molar-refractivity contribution in [3.05, 3.63) is 24.0 Å². The Morgan fingerprint density at radius 1 is 1.29 bits per heavy atom. The van der Waals surface area contributed by atoms with Crippen LogP contribution >= 0.6 is 0 Å². The van der Waals surface area contributed by atoms with Crippen molar-refractivity contribution in [2.24, 2.45) is 5.41 Å². The molecule has 0 amide bonds. The van der Waals surface area contributed by atoms with Crippen LogP contribution in [0.1, 0.15) is 32.1 Å². The van der Waals surface area contributed by atoms with Gasteiger partial charge in [0, 0.05) is 18.6 Å². The van der Waals surface area contributed by atoms with Crippen molar-refractivity contribution in [3.63, 3.8) is 0 Å².